The van der Waals surface area contributed by atoms with Gasteiger partial charge >= 0.3 is 0 Å². The maximum absolute atomic E-state index is 3.58. The van der Waals surface area contributed by atoms with Crippen molar-refractivity contribution in [1.29, 1.82) is 0 Å². The molecule has 1 fully saturated rings. The number of rotatable bonds is 0. The fraction of sp³-hybridized carbons (Fsp3) is 0.625. The van der Waals surface area contributed by atoms with Crippen LogP contribution >= 0.6 is 0 Å². The van der Waals surface area contributed by atoms with Gasteiger partial charge in [-0.25, -0.2) is 0 Å². The van der Waals surface area contributed by atoms with Gasteiger partial charge in [0.05, 0.1) is 0 Å². The summed E-state index contributed by atoms with van der Waals surface area (Å²) >= 11 is 0. The lowest BCUT2D eigenvalue weighted by atomic mass is 9.76. The van der Waals surface area contributed by atoms with Gasteiger partial charge in [0.2, 0.25) is 0 Å². The molecular formula is C16H22N2. The van der Waals surface area contributed by atoms with Crippen LogP contribution < -0.4 is 10.2 Å². The van der Waals surface area contributed by atoms with Gasteiger partial charge in [-0.2, -0.15) is 0 Å². The second-order valence-electron chi connectivity index (χ2n) is 6.11. The first-order valence-electron chi connectivity index (χ1n) is 7.51. The van der Waals surface area contributed by atoms with Crippen LogP contribution in [0.4, 0.5) is 5.69 Å². The molecule has 2 aliphatic heterocycles. The number of benzene rings is 1. The van der Waals surface area contributed by atoms with E-state index in [2.05, 4.69) is 28.4 Å². The molecule has 4 rings (SSSR count). The predicted molar refractivity (Wildman–Crippen MR) is 74.9 cm³/mol. The summed E-state index contributed by atoms with van der Waals surface area (Å²) in [5.41, 5.74) is 4.72. The topological polar surface area (TPSA) is 15.3 Å². The first-order valence-corrected chi connectivity index (χ1v) is 7.51. The molecule has 3 aliphatic rings. The van der Waals surface area contributed by atoms with Crippen LogP contribution in [0.1, 0.15) is 36.8 Å². The monoisotopic (exact) mass is 242 g/mol. The number of hydrogen-bond donors (Lipinski definition) is 1. The van der Waals surface area contributed by atoms with E-state index in [0.29, 0.717) is 0 Å². The van der Waals surface area contributed by atoms with Crippen LogP contribution in [0.5, 0.6) is 0 Å². The molecule has 2 heterocycles. The lowest BCUT2D eigenvalue weighted by Gasteiger charge is -2.46. The molecule has 0 saturated heterocycles. The maximum Gasteiger partial charge on any atom is 0.0447 e. The average Bonchev–Trinajstić information content (AvgIpc) is 2.63. The minimum atomic E-state index is 0.826. The summed E-state index contributed by atoms with van der Waals surface area (Å²) in [6, 6.07) is 7.75. The molecule has 2 heteroatoms. The van der Waals surface area contributed by atoms with Gasteiger partial charge in [-0.05, 0) is 36.3 Å². The van der Waals surface area contributed by atoms with Crippen LogP contribution in [0.25, 0.3) is 0 Å². The molecule has 1 saturated carbocycles. The van der Waals surface area contributed by atoms with Gasteiger partial charge in [-0.1, -0.05) is 31.0 Å². The second kappa shape index (κ2) is 4.27. The minimum Gasteiger partial charge on any atom is -0.366 e. The zero-order chi connectivity index (χ0) is 11.9. The first kappa shape index (κ1) is 10.9. The molecule has 1 aromatic rings. The number of para-hydroxylation sites is 1. The Morgan fingerprint density at radius 3 is 3.00 bits per heavy atom. The Kier molecular flexibility index (Phi) is 2.58. The largest absolute Gasteiger partial charge is 0.366 e. The molecule has 96 valence electrons. The Morgan fingerprint density at radius 1 is 1.11 bits per heavy atom. The fourth-order valence-electron chi connectivity index (χ4n) is 4.31. The van der Waals surface area contributed by atoms with Crippen molar-refractivity contribution in [3.63, 3.8) is 0 Å². The lowest BCUT2D eigenvalue weighted by Crippen LogP contribution is -2.48. The van der Waals surface area contributed by atoms with E-state index >= 15 is 0 Å². The van der Waals surface area contributed by atoms with Crippen LogP contribution in [0.15, 0.2) is 18.2 Å². The smallest absolute Gasteiger partial charge is 0.0447 e. The summed E-state index contributed by atoms with van der Waals surface area (Å²) in [5, 5.41) is 3.58. The van der Waals surface area contributed by atoms with E-state index in [1.807, 2.05) is 0 Å². The molecule has 2 atom stereocenters. The van der Waals surface area contributed by atoms with E-state index in [1.165, 1.54) is 44.2 Å². The van der Waals surface area contributed by atoms with Crippen molar-refractivity contribution >= 4 is 5.69 Å². The molecule has 0 radical (unpaired) electrons. The fourth-order valence-corrected chi connectivity index (χ4v) is 4.31. The highest BCUT2D eigenvalue weighted by atomic mass is 15.2. The van der Waals surface area contributed by atoms with E-state index in [4.69, 9.17) is 0 Å². The number of nitrogens with zero attached hydrogens (tertiary/aromatic N) is 1. The number of nitrogens with one attached hydrogen (secondary N) is 1. The number of anilines is 1. The van der Waals surface area contributed by atoms with Crippen LogP contribution in [0, 0.1) is 5.92 Å². The standard InChI is InChI=1S/C16H22N2/c1-2-7-15-12(4-1)10-13-5-3-6-14-11-17-8-9-18(15)16(13)14/h3,5-6,12,15,17H,1-2,4,7-11H2/t12-,15-/m0/s1. The van der Waals surface area contributed by atoms with Crippen LogP contribution in [0.2, 0.25) is 0 Å². The molecule has 0 unspecified atom stereocenters. The van der Waals surface area contributed by atoms with Gasteiger partial charge in [-0.15, -0.1) is 0 Å². The Labute approximate surface area is 109 Å². The first-order chi connectivity index (χ1) is 8.93. The van der Waals surface area contributed by atoms with Gasteiger partial charge in [0.1, 0.15) is 0 Å². The van der Waals surface area contributed by atoms with Crippen molar-refractivity contribution in [3.8, 4) is 0 Å². The van der Waals surface area contributed by atoms with Crippen molar-refractivity contribution in [2.45, 2.75) is 44.7 Å². The van der Waals surface area contributed by atoms with Crippen LogP contribution in [0.3, 0.4) is 0 Å². The van der Waals surface area contributed by atoms with Crippen molar-refractivity contribution in [3.05, 3.63) is 29.3 Å². The highest BCUT2D eigenvalue weighted by molar-refractivity contribution is 5.63. The van der Waals surface area contributed by atoms with Crippen molar-refractivity contribution in [2.75, 3.05) is 18.0 Å². The van der Waals surface area contributed by atoms with E-state index in [-0.39, 0.29) is 0 Å². The summed E-state index contributed by atoms with van der Waals surface area (Å²) in [6.45, 7) is 3.39. The summed E-state index contributed by atoms with van der Waals surface area (Å²) in [6.07, 6.45) is 7.06. The highest BCUT2D eigenvalue weighted by Crippen LogP contribution is 2.42. The van der Waals surface area contributed by atoms with Gasteiger partial charge in [0.25, 0.3) is 0 Å². The molecule has 1 aliphatic carbocycles. The third kappa shape index (κ3) is 1.58. The van der Waals surface area contributed by atoms with E-state index in [9.17, 15) is 0 Å². The van der Waals surface area contributed by atoms with Crippen molar-refractivity contribution < 1.29 is 0 Å². The summed E-state index contributed by atoms with van der Waals surface area (Å²) in [5.74, 6) is 0.916. The molecule has 1 N–H and O–H groups in total. The quantitative estimate of drug-likeness (QED) is 0.752. The third-order valence-electron chi connectivity index (χ3n) is 5.09. The Balaban J connectivity index is 1.82. The third-order valence-corrected chi connectivity index (χ3v) is 5.09. The normalized spacial score (nSPS) is 30.3. The Hall–Kier alpha value is -1.02. The molecule has 0 aromatic heterocycles. The van der Waals surface area contributed by atoms with Gasteiger partial charge in [-0.3, -0.25) is 0 Å². The summed E-state index contributed by atoms with van der Waals surface area (Å²) < 4.78 is 0. The second-order valence-corrected chi connectivity index (χ2v) is 6.11. The Morgan fingerprint density at radius 2 is 2.00 bits per heavy atom. The number of hydrogen-bond acceptors (Lipinski definition) is 2. The Bertz CT molecular complexity index is 454. The maximum atomic E-state index is 3.58. The average molecular weight is 242 g/mol. The van der Waals surface area contributed by atoms with Gasteiger partial charge in [0, 0.05) is 31.4 Å². The van der Waals surface area contributed by atoms with Crippen molar-refractivity contribution in [2.24, 2.45) is 5.92 Å². The predicted octanol–water partition coefficient (Wildman–Crippen LogP) is 2.71. The van der Waals surface area contributed by atoms with E-state index < -0.39 is 0 Å². The molecule has 0 spiro atoms. The van der Waals surface area contributed by atoms with Gasteiger partial charge in [0.15, 0.2) is 0 Å². The van der Waals surface area contributed by atoms with Crippen LogP contribution in [-0.4, -0.2) is 19.1 Å². The van der Waals surface area contributed by atoms with Crippen LogP contribution in [-0.2, 0) is 13.0 Å². The van der Waals surface area contributed by atoms with E-state index in [1.54, 1.807) is 11.3 Å². The minimum absolute atomic E-state index is 0.826. The van der Waals surface area contributed by atoms with E-state index in [0.717, 1.165) is 25.0 Å². The summed E-state index contributed by atoms with van der Waals surface area (Å²) in [7, 11) is 0. The zero-order valence-corrected chi connectivity index (χ0v) is 11.0. The molecule has 0 bridgehead atoms. The molecular weight excluding hydrogens is 220 g/mol. The van der Waals surface area contributed by atoms with Crippen molar-refractivity contribution in [1.82, 2.24) is 5.32 Å². The molecule has 0 amide bonds. The summed E-state index contributed by atoms with van der Waals surface area (Å²) in [4.78, 5) is 2.75. The SMILES string of the molecule is c1cc2c3c(c1)C[C@@H]1CCCC[C@@H]1N3CCNC2. The molecule has 18 heavy (non-hydrogen) atoms. The molecule has 1 aromatic carbocycles. The van der Waals surface area contributed by atoms with Gasteiger partial charge < -0.3 is 10.2 Å². The number of fused-ring (bicyclic) bond motifs is 2. The highest BCUT2D eigenvalue weighted by Gasteiger charge is 2.37. The molecule has 2 nitrogen and oxygen atoms in total. The lowest BCUT2D eigenvalue weighted by molar-refractivity contribution is 0.280. The zero-order valence-electron chi connectivity index (χ0n) is 11.0.